The second kappa shape index (κ2) is 0.969. The zero-order valence-electron chi connectivity index (χ0n) is 4.33. The Morgan fingerprint density at radius 1 is 1.67 bits per heavy atom. The summed E-state index contributed by atoms with van der Waals surface area (Å²) in [7, 11) is 0. The van der Waals surface area contributed by atoms with Crippen molar-refractivity contribution in [1.82, 2.24) is 0 Å². The number of hydrogen-bond donors (Lipinski definition) is 1. The largest absolute Gasteiger partial charge is 0.357 e. The number of hydrogen-bond acceptors (Lipinski definition) is 0. The van der Waals surface area contributed by atoms with Gasteiger partial charge in [-0.3, -0.25) is 0 Å². The van der Waals surface area contributed by atoms with Gasteiger partial charge in [0, 0.05) is 5.41 Å². The van der Waals surface area contributed by atoms with E-state index in [1.54, 1.807) is 0 Å². The summed E-state index contributed by atoms with van der Waals surface area (Å²) < 4.78 is 0. The lowest BCUT2D eigenvalue weighted by atomic mass is 10.2. The van der Waals surface area contributed by atoms with Crippen LogP contribution in [-0.4, -0.2) is 6.54 Å². The molecule has 0 unspecified atom stereocenters. The van der Waals surface area contributed by atoms with Gasteiger partial charge in [0.15, 0.2) is 0 Å². The van der Waals surface area contributed by atoms with Gasteiger partial charge in [-0.05, 0) is 12.8 Å². The topological polar surface area (TPSA) is 27.6 Å². The minimum Gasteiger partial charge on any atom is -0.357 e. The van der Waals surface area contributed by atoms with E-state index >= 15 is 0 Å². The van der Waals surface area contributed by atoms with Gasteiger partial charge in [0.25, 0.3) is 0 Å². The van der Waals surface area contributed by atoms with Crippen molar-refractivity contribution in [2.45, 2.75) is 19.8 Å². The highest BCUT2D eigenvalue weighted by Gasteiger charge is 2.37. The van der Waals surface area contributed by atoms with Crippen molar-refractivity contribution in [2.24, 2.45) is 5.41 Å². The highest BCUT2D eigenvalue weighted by molar-refractivity contribution is 4.86. The Bertz CT molecular complexity index is 55.0. The molecule has 0 saturated heterocycles. The normalized spacial score (nSPS) is 27.0. The molecular formula is C5H12N+. The van der Waals surface area contributed by atoms with Crippen LogP contribution in [0.25, 0.3) is 0 Å². The Kier molecular flexibility index (Phi) is 0.667. The van der Waals surface area contributed by atoms with E-state index in [1.807, 2.05) is 0 Å². The second-order valence-electron chi connectivity index (χ2n) is 2.56. The first-order valence-electron chi connectivity index (χ1n) is 2.56. The molecule has 0 amide bonds. The molecule has 0 bridgehead atoms. The van der Waals surface area contributed by atoms with Gasteiger partial charge in [-0.15, -0.1) is 0 Å². The zero-order valence-corrected chi connectivity index (χ0v) is 4.33. The molecule has 1 aliphatic carbocycles. The van der Waals surface area contributed by atoms with Crippen molar-refractivity contribution in [3.63, 3.8) is 0 Å². The van der Waals surface area contributed by atoms with Crippen LogP contribution >= 0.6 is 0 Å². The molecule has 0 aliphatic heterocycles. The van der Waals surface area contributed by atoms with Gasteiger partial charge in [0.05, 0.1) is 6.54 Å². The maximum Gasteiger partial charge on any atom is 0.0794 e. The summed E-state index contributed by atoms with van der Waals surface area (Å²) in [5, 5.41) is 0. The molecule has 0 aromatic rings. The lowest BCUT2D eigenvalue weighted by Crippen LogP contribution is -2.53. The van der Waals surface area contributed by atoms with Gasteiger partial charge in [0.2, 0.25) is 0 Å². The summed E-state index contributed by atoms with van der Waals surface area (Å²) in [5.74, 6) is 0. The fourth-order valence-electron chi connectivity index (χ4n) is 0.463. The van der Waals surface area contributed by atoms with Crippen LogP contribution in [0.3, 0.4) is 0 Å². The van der Waals surface area contributed by atoms with Crippen LogP contribution in [0.15, 0.2) is 0 Å². The molecule has 0 atom stereocenters. The van der Waals surface area contributed by atoms with Crippen molar-refractivity contribution < 1.29 is 5.73 Å². The monoisotopic (exact) mass is 86.1 g/mol. The maximum absolute atomic E-state index is 3.82. The minimum absolute atomic E-state index is 0.681. The van der Waals surface area contributed by atoms with Crippen LogP contribution in [0.4, 0.5) is 0 Å². The Morgan fingerprint density at radius 2 is 2.17 bits per heavy atom. The Labute approximate surface area is 38.5 Å². The molecule has 0 radical (unpaired) electrons. The van der Waals surface area contributed by atoms with Crippen molar-refractivity contribution in [3.8, 4) is 0 Å². The average Bonchev–Trinajstić information content (AvgIpc) is 2.22. The summed E-state index contributed by atoms with van der Waals surface area (Å²) >= 11 is 0. The molecule has 0 spiro atoms. The summed E-state index contributed by atoms with van der Waals surface area (Å²) in [6.07, 6.45) is 2.83. The third kappa shape index (κ3) is 0.548. The third-order valence-electron chi connectivity index (χ3n) is 1.71. The fraction of sp³-hybridized carbons (Fsp3) is 1.00. The van der Waals surface area contributed by atoms with Crippen LogP contribution in [0.2, 0.25) is 0 Å². The van der Waals surface area contributed by atoms with Crippen LogP contribution in [0.5, 0.6) is 0 Å². The van der Waals surface area contributed by atoms with Gasteiger partial charge in [-0.25, -0.2) is 0 Å². The van der Waals surface area contributed by atoms with E-state index in [0.29, 0.717) is 5.41 Å². The van der Waals surface area contributed by atoms with Crippen molar-refractivity contribution >= 4 is 0 Å². The third-order valence-corrected chi connectivity index (χ3v) is 1.71. The molecule has 1 nitrogen and oxygen atoms in total. The van der Waals surface area contributed by atoms with E-state index in [4.69, 9.17) is 0 Å². The first-order chi connectivity index (χ1) is 2.77. The van der Waals surface area contributed by atoms with Crippen molar-refractivity contribution in [1.29, 1.82) is 0 Å². The highest BCUT2D eigenvalue weighted by atomic mass is 14.6. The van der Waals surface area contributed by atoms with E-state index in [-0.39, 0.29) is 0 Å². The van der Waals surface area contributed by atoms with Gasteiger partial charge >= 0.3 is 0 Å². The van der Waals surface area contributed by atoms with Gasteiger partial charge in [0.1, 0.15) is 0 Å². The summed E-state index contributed by atoms with van der Waals surface area (Å²) in [6, 6.07) is 0. The maximum atomic E-state index is 3.82. The Morgan fingerprint density at radius 3 is 2.17 bits per heavy atom. The molecule has 36 valence electrons. The molecule has 1 saturated carbocycles. The van der Waals surface area contributed by atoms with E-state index in [1.165, 1.54) is 12.8 Å². The first kappa shape index (κ1) is 4.13. The van der Waals surface area contributed by atoms with Crippen LogP contribution < -0.4 is 5.73 Å². The molecule has 0 aromatic heterocycles. The fourth-order valence-corrected chi connectivity index (χ4v) is 0.463. The van der Waals surface area contributed by atoms with Gasteiger partial charge < -0.3 is 5.73 Å². The lowest BCUT2D eigenvalue weighted by molar-refractivity contribution is -0.381. The van der Waals surface area contributed by atoms with E-state index in [2.05, 4.69) is 12.7 Å². The molecule has 1 heteroatoms. The minimum atomic E-state index is 0.681. The molecule has 0 aromatic carbocycles. The van der Waals surface area contributed by atoms with Crippen molar-refractivity contribution in [2.75, 3.05) is 6.54 Å². The molecule has 1 fully saturated rings. The lowest BCUT2D eigenvalue weighted by Gasteiger charge is -1.93. The summed E-state index contributed by atoms with van der Waals surface area (Å²) in [4.78, 5) is 0. The molecule has 1 rings (SSSR count). The molecular weight excluding hydrogens is 74.1 g/mol. The van der Waals surface area contributed by atoms with Gasteiger partial charge in [-0.1, -0.05) is 6.92 Å². The second-order valence-corrected chi connectivity index (χ2v) is 2.56. The quantitative estimate of drug-likeness (QED) is 0.466. The van der Waals surface area contributed by atoms with Crippen LogP contribution in [0, 0.1) is 5.41 Å². The first-order valence-corrected chi connectivity index (χ1v) is 2.56. The highest BCUT2D eigenvalue weighted by Crippen LogP contribution is 2.42. The van der Waals surface area contributed by atoms with E-state index < -0.39 is 0 Å². The molecule has 6 heavy (non-hydrogen) atoms. The molecule has 1 aliphatic rings. The number of rotatable bonds is 1. The van der Waals surface area contributed by atoms with E-state index in [9.17, 15) is 0 Å². The average molecular weight is 86.2 g/mol. The smallest absolute Gasteiger partial charge is 0.0794 e. The Hall–Kier alpha value is -0.0400. The predicted molar refractivity (Wildman–Crippen MR) is 25.1 cm³/mol. The van der Waals surface area contributed by atoms with Gasteiger partial charge in [-0.2, -0.15) is 0 Å². The number of quaternary nitrogens is 1. The van der Waals surface area contributed by atoms with Crippen molar-refractivity contribution in [3.05, 3.63) is 0 Å². The molecule has 3 N–H and O–H groups in total. The van der Waals surface area contributed by atoms with Crippen LogP contribution in [0.1, 0.15) is 19.8 Å². The SMILES string of the molecule is CC1(C[NH3+])CC1. The van der Waals surface area contributed by atoms with Crippen LogP contribution in [-0.2, 0) is 0 Å². The predicted octanol–water partition coefficient (Wildman–Crippen LogP) is 0.0284. The van der Waals surface area contributed by atoms with E-state index in [0.717, 1.165) is 6.54 Å². The zero-order chi connectivity index (χ0) is 4.62. The standard InChI is InChI=1S/C5H11N/c1-5(4-6)2-3-5/h2-4,6H2,1H3/p+1. The summed E-state index contributed by atoms with van der Waals surface area (Å²) in [5.41, 5.74) is 4.50. The Balaban J connectivity index is 2.28. The molecule has 0 heterocycles. The summed E-state index contributed by atoms with van der Waals surface area (Å²) in [6.45, 7) is 3.42.